The Kier molecular flexibility index (Phi) is 7.06. The third kappa shape index (κ3) is 5.28. The van der Waals surface area contributed by atoms with E-state index in [0.717, 1.165) is 18.4 Å². The van der Waals surface area contributed by atoms with Gasteiger partial charge in [-0.1, -0.05) is 110 Å². The van der Waals surface area contributed by atoms with Crippen LogP contribution in [0.2, 0.25) is 0 Å². The fourth-order valence-corrected chi connectivity index (χ4v) is 4.44. The van der Waals surface area contributed by atoms with E-state index in [-0.39, 0.29) is 12.1 Å². The number of piperidine rings is 1. The van der Waals surface area contributed by atoms with Crippen molar-refractivity contribution in [2.75, 3.05) is 6.54 Å². The Balaban J connectivity index is 1.60. The van der Waals surface area contributed by atoms with Gasteiger partial charge in [-0.25, -0.2) is 4.79 Å². The summed E-state index contributed by atoms with van der Waals surface area (Å²) in [4.78, 5) is 15.1. The van der Waals surface area contributed by atoms with Crippen LogP contribution in [0.4, 0.5) is 4.79 Å². The van der Waals surface area contributed by atoms with Crippen LogP contribution in [-0.2, 0) is 11.3 Å². The Morgan fingerprint density at radius 3 is 2.34 bits per heavy atom. The molecule has 3 aromatic carbocycles. The average Bonchev–Trinajstić information content (AvgIpc) is 2.84. The van der Waals surface area contributed by atoms with Gasteiger partial charge in [-0.3, -0.25) is 0 Å². The van der Waals surface area contributed by atoms with Gasteiger partial charge in [0.1, 0.15) is 6.61 Å². The number of hydrogen-bond acceptors (Lipinski definition) is 2. The van der Waals surface area contributed by atoms with Crippen LogP contribution in [-0.4, -0.2) is 17.5 Å². The SMILES string of the molecule is CC(C)c1ccccc1C1C/C(=C/c2ccccc2)CCN1C(=O)OCc1ccccc1. The van der Waals surface area contributed by atoms with Crippen molar-refractivity contribution < 1.29 is 9.53 Å². The van der Waals surface area contributed by atoms with Gasteiger partial charge in [-0.2, -0.15) is 0 Å². The fourth-order valence-electron chi connectivity index (χ4n) is 4.44. The van der Waals surface area contributed by atoms with Crippen LogP contribution in [0.25, 0.3) is 6.08 Å². The molecule has 3 heteroatoms. The van der Waals surface area contributed by atoms with Crippen molar-refractivity contribution >= 4 is 12.2 Å². The molecule has 4 rings (SSSR count). The van der Waals surface area contributed by atoms with E-state index >= 15 is 0 Å². The number of rotatable bonds is 5. The molecule has 1 unspecified atom stereocenters. The second-order valence-electron chi connectivity index (χ2n) is 8.70. The number of carbonyl (C=O) groups is 1. The lowest BCUT2D eigenvalue weighted by Crippen LogP contribution is -2.40. The summed E-state index contributed by atoms with van der Waals surface area (Å²) in [6.07, 6.45) is 3.71. The molecule has 1 aliphatic rings. The van der Waals surface area contributed by atoms with E-state index in [1.165, 1.54) is 22.3 Å². The second-order valence-corrected chi connectivity index (χ2v) is 8.70. The van der Waals surface area contributed by atoms with E-state index in [9.17, 15) is 4.79 Å². The first-order valence-electron chi connectivity index (χ1n) is 11.4. The van der Waals surface area contributed by atoms with E-state index in [1.54, 1.807) is 0 Å². The van der Waals surface area contributed by atoms with Crippen molar-refractivity contribution in [3.05, 3.63) is 113 Å². The molecule has 1 saturated heterocycles. The van der Waals surface area contributed by atoms with Gasteiger partial charge < -0.3 is 9.64 Å². The maximum absolute atomic E-state index is 13.2. The summed E-state index contributed by atoms with van der Waals surface area (Å²) in [6, 6.07) is 28.8. The summed E-state index contributed by atoms with van der Waals surface area (Å²) < 4.78 is 5.74. The third-order valence-electron chi connectivity index (χ3n) is 6.09. The largest absolute Gasteiger partial charge is 0.445 e. The lowest BCUT2D eigenvalue weighted by atomic mass is 9.85. The van der Waals surface area contributed by atoms with E-state index in [2.05, 4.69) is 68.5 Å². The predicted octanol–water partition coefficient (Wildman–Crippen LogP) is 7.37. The summed E-state index contributed by atoms with van der Waals surface area (Å²) in [5, 5.41) is 0. The quantitative estimate of drug-likeness (QED) is 0.427. The van der Waals surface area contributed by atoms with E-state index in [1.807, 2.05) is 41.3 Å². The molecule has 0 N–H and O–H groups in total. The molecule has 1 atom stereocenters. The molecule has 3 aromatic rings. The van der Waals surface area contributed by atoms with Crippen molar-refractivity contribution in [3.63, 3.8) is 0 Å². The van der Waals surface area contributed by atoms with Crippen molar-refractivity contribution in [1.82, 2.24) is 4.90 Å². The standard InChI is InChI=1S/C29H31NO2/c1-22(2)26-15-9-10-16-27(26)28-20-25(19-23-11-5-3-6-12-23)17-18-30(28)29(31)32-21-24-13-7-4-8-14-24/h3-16,19,22,28H,17-18,20-21H2,1-2H3/b25-19+. The van der Waals surface area contributed by atoms with Gasteiger partial charge in [-0.05, 0) is 41.0 Å². The van der Waals surface area contributed by atoms with Crippen molar-refractivity contribution in [2.45, 2.75) is 45.3 Å². The van der Waals surface area contributed by atoms with E-state index < -0.39 is 0 Å². The van der Waals surface area contributed by atoms with Crippen molar-refractivity contribution in [1.29, 1.82) is 0 Å². The number of carbonyl (C=O) groups excluding carboxylic acids is 1. The zero-order chi connectivity index (χ0) is 22.3. The Morgan fingerprint density at radius 2 is 1.62 bits per heavy atom. The molecule has 0 saturated carbocycles. The summed E-state index contributed by atoms with van der Waals surface area (Å²) in [5.41, 5.74) is 6.09. The normalized spacial score (nSPS) is 17.5. The van der Waals surface area contributed by atoms with E-state index in [0.29, 0.717) is 19.1 Å². The number of nitrogens with zero attached hydrogens (tertiary/aromatic N) is 1. The molecule has 0 bridgehead atoms. The van der Waals surface area contributed by atoms with Gasteiger partial charge in [-0.15, -0.1) is 0 Å². The summed E-state index contributed by atoms with van der Waals surface area (Å²) in [7, 11) is 0. The summed E-state index contributed by atoms with van der Waals surface area (Å²) >= 11 is 0. The molecule has 0 radical (unpaired) electrons. The Labute approximate surface area is 191 Å². The number of likely N-dealkylation sites (tertiary alicyclic amines) is 1. The highest BCUT2D eigenvalue weighted by Gasteiger charge is 2.32. The fraction of sp³-hybridized carbons (Fsp3) is 0.276. The zero-order valence-corrected chi connectivity index (χ0v) is 18.9. The molecule has 1 aliphatic heterocycles. The lowest BCUT2D eigenvalue weighted by molar-refractivity contribution is 0.0746. The van der Waals surface area contributed by atoms with Crippen LogP contribution in [0.15, 0.2) is 90.5 Å². The first-order valence-corrected chi connectivity index (χ1v) is 11.4. The minimum Gasteiger partial charge on any atom is -0.445 e. The number of hydrogen-bond donors (Lipinski definition) is 0. The smallest absolute Gasteiger partial charge is 0.410 e. The highest BCUT2D eigenvalue weighted by Crippen LogP contribution is 2.38. The van der Waals surface area contributed by atoms with Crippen LogP contribution in [0, 0.1) is 0 Å². The molecule has 0 aliphatic carbocycles. The number of benzene rings is 3. The van der Waals surface area contributed by atoms with Crippen LogP contribution < -0.4 is 0 Å². The van der Waals surface area contributed by atoms with Gasteiger partial charge in [0.05, 0.1) is 6.04 Å². The zero-order valence-electron chi connectivity index (χ0n) is 18.9. The molecule has 0 spiro atoms. The molecule has 0 aromatic heterocycles. The maximum Gasteiger partial charge on any atom is 0.410 e. The minimum atomic E-state index is -0.240. The lowest BCUT2D eigenvalue weighted by Gasteiger charge is -2.38. The molecular formula is C29H31NO2. The Bertz CT molecular complexity index is 1060. The number of ether oxygens (including phenoxy) is 1. The van der Waals surface area contributed by atoms with Gasteiger partial charge >= 0.3 is 6.09 Å². The molecule has 164 valence electrons. The summed E-state index contributed by atoms with van der Waals surface area (Å²) in [6.45, 7) is 5.37. The minimum absolute atomic E-state index is 0.0272. The van der Waals surface area contributed by atoms with E-state index in [4.69, 9.17) is 4.74 Å². The van der Waals surface area contributed by atoms with Gasteiger partial charge in [0, 0.05) is 6.54 Å². The third-order valence-corrected chi connectivity index (χ3v) is 6.09. The highest BCUT2D eigenvalue weighted by atomic mass is 16.6. The van der Waals surface area contributed by atoms with Crippen molar-refractivity contribution in [3.8, 4) is 0 Å². The highest BCUT2D eigenvalue weighted by molar-refractivity contribution is 5.69. The maximum atomic E-state index is 13.2. The Hall–Kier alpha value is -3.33. The average molecular weight is 426 g/mol. The van der Waals surface area contributed by atoms with Gasteiger partial charge in [0.2, 0.25) is 0 Å². The molecule has 3 nitrogen and oxygen atoms in total. The molecule has 1 fully saturated rings. The van der Waals surface area contributed by atoms with Crippen LogP contribution >= 0.6 is 0 Å². The van der Waals surface area contributed by atoms with Crippen molar-refractivity contribution in [2.24, 2.45) is 0 Å². The van der Waals surface area contributed by atoms with Gasteiger partial charge in [0.15, 0.2) is 0 Å². The van der Waals surface area contributed by atoms with Crippen LogP contribution in [0.5, 0.6) is 0 Å². The molecule has 1 amide bonds. The molecular weight excluding hydrogens is 394 g/mol. The monoisotopic (exact) mass is 425 g/mol. The molecule has 32 heavy (non-hydrogen) atoms. The van der Waals surface area contributed by atoms with Gasteiger partial charge in [0.25, 0.3) is 0 Å². The Morgan fingerprint density at radius 1 is 0.969 bits per heavy atom. The summed E-state index contributed by atoms with van der Waals surface area (Å²) in [5.74, 6) is 0.386. The topological polar surface area (TPSA) is 29.5 Å². The number of amides is 1. The van der Waals surface area contributed by atoms with Crippen LogP contribution in [0.1, 0.15) is 60.9 Å². The second kappa shape index (κ2) is 10.3. The van der Waals surface area contributed by atoms with Crippen LogP contribution in [0.3, 0.4) is 0 Å². The first-order chi connectivity index (χ1) is 15.6. The predicted molar refractivity (Wildman–Crippen MR) is 130 cm³/mol. The molecule has 1 heterocycles. The first kappa shape index (κ1) is 21.9.